The Bertz CT molecular complexity index is 1260. The summed E-state index contributed by atoms with van der Waals surface area (Å²) in [6.07, 6.45) is 53.0. The molecule has 73 heavy (non-hydrogen) atoms. The predicted molar refractivity (Wildman–Crippen MR) is 301 cm³/mol. The zero-order valence-electron chi connectivity index (χ0n) is 47.4. The van der Waals surface area contributed by atoms with E-state index in [-0.39, 0.29) is 18.5 Å². The Morgan fingerprint density at radius 3 is 1.36 bits per heavy atom. The van der Waals surface area contributed by atoms with Crippen molar-refractivity contribution < 1.29 is 49.3 Å². The molecule has 1 saturated heterocycles. The van der Waals surface area contributed by atoms with Crippen LogP contribution >= 0.6 is 0 Å². The van der Waals surface area contributed by atoms with Gasteiger partial charge in [-0.25, -0.2) is 0 Å². The van der Waals surface area contributed by atoms with E-state index in [1.54, 1.807) is 6.08 Å². The second-order valence-corrected chi connectivity index (χ2v) is 21.8. The van der Waals surface area contributed by atoms with E-state index in [9.17, 15) is 35.1 Å². The molecule has 11 nitrogen and oxygen atoms in total. The number of hydrogen-bond acceptors (Lipinski definition) is 10. The molecule has 7 atom stereocenters. The highest BCUT2D eigenvalue weighted by Crippen LogP contribution is 2.23. The highest BCUT2D eigenvalue weighted by Gasteiger charge is 2.44. The van der Waals surface area contributed by atoms with Gasteiger partial charge in [-0.2, -0.15) is 0 Å². The summed E-state index contributed by atoms with van der Waals surface area (Å²) in [5.41, 5.74) is 0. The van der Waals surface area contributed by atoms with E-state index in [4.69, 9.17) is 14.2 Å². The van der Waals surface area contributed by atoms with Gasteiger partial charge < -0.3 is 45.1 Å². The van der Waals surface area contributed by atoms with Gasteiger partial charge in [0, 0.05) is 12.8 Å². The lowest BCUT2D eigenvalue weighted by Crippen LogP contribution is -2.60. The van der Waals surface area contributed by atoms with Crippen molar-refractivity contribution >= 4 is 11.9 Å². The van der Waals surface area contributed by atoms with Gasteiger partial charge in [-0.05, 0) is 44.9 Å². The second kappa shape index (κ2) is 52.2. The highest BCUT2D eigenvalue weighted by molar-refractivity contribution is 5.76. The Labute approximate surface area is 448 Å². The number of amides is 1. The average Bonchev–Trinajstić information content (AvgIpc) is 3.39. The Morgan fingerprint density at radius 2 is 0.890 bits per heavy atom. The monoisotopic (exact) mass is 1040 g/mol. The third kappa shape index (κ3) is 41.9. The highest BCUT2D eigenvalue weighted by atomic mass is 16.7. The number of carbonyl (C=O) groups excluding carboxylic acids is 2. The molecule has 11 heteroatoms. The summed E-state index contributed by atoms with van der Waals surface area (Å²) in [5, 5.41) is 54.2. The summed E-state index contributed by atoms with van der Waals surface area (Å²) in [6.45, 7) is 4.30. The van der Waals surface area contributed by atoms with Crippen LogP contribution in [0.25, 0.3) is 0 Å². The molecule has 7 unspecified atom stereocenters. The lowest BCUT2D eigenvalue weighted by atomic mass is 9.99. The number of rotatable bonds is 54. The maximum absolute atomic E-state index is 13.0. The Hall–Kier alpha value is -1.86. The molecule has 0 radical (unpaired) electrons. The van der Waals surface area contributed by atoms with Crippen LogP contribution in [0.4, 0.5) is 0 Å². The zero-order valence-corrected chi connectivity index (χ0v) is 47.4. The van der Waals surface area contributed by atoms with E-state index in [1.807, 2.05) is 6.08 Å². The van der Waals surface area contributed by atoms with Crippen molar-refractivity contribution in [2.75, 3.05) is 19.8 Å². The first-order valence-corrected chi connectivity index (χ1v) is 31.1. The molecule has 430 valence electrons. The number of nitrogens with one attached hydrogen (secondary N) is 1. The van der Waals surface area contributed by atoms with Crippen molar-refractivity contribution in [3.63, 3.8) is 0 Å². The van der Waals surface area contributed by atoms with Gasteiger partial charge in [0.25, 0.3) is 0 Å². The normalized spacial score (nSPS) is 19.0. The Morgan fingerprint density at radius 1 is 0.493 bits per heavy atom. The van der Waals surface area contributed by atoms with Crippen molar-refractivity contribution in [3.8, 4) is 0 Å². The fourth-order valence-corrected chi connectivity index (χ4v) is 9.86. The lowest BCUT2D eigenvalue weighted by molar-refractivity contribution is -0.302. The van der Waals surface area contributed by atoms with Crippen molar-refractivity contribution in [3.05, 3.63) is 24.3 Å². The van der Waals surface area contributed by atoms with Crippen LogP contribution < -0.4 is 5.32 Å². The summed E-state index contributed by atoms with van der Waals surface area (Å²) in [4.78, 5) is 25.0. The van der Waals surface area contributed by atoms with Gasteiger partial charge in [0.1, 0.15) is 24.4 Å². The van der Waals surface area contributed by atoms with E-state index in [2.05, 4.69) is 31.3 Å². The average molecular weight is 1040 g/mol. The Kier molecular flexibility index (Phi) is 49.5. The molecule has 1 heterocycles. The standard InChI is InChI=1S/C62H117NO10/c1-3-5-7-9-11-13-29-34-38-42-46-50-58(67)71-51-47-43-39-35-31-28-26-24-22-20-18-16-15-17-19-21-23-25-27-30-33-37-41-45-49-57(66)63-54(53-72-62-61(70)60(69)59(68)56(52-64)73-62)55(65)48-44-40-36-32-14-12-10-8-6-4-2/h14,32,44,48,54-56,59-62,64-65,68-70H,3-13,15-31,33-43,45-47,49-53H2,1-2H3,(H,63,66)/b32-14+,48-44+. The molecular formula is C62H117NO10. The van der Waals surface area contributed by atoms with Gasteiger partial charge in [0.05, 0.1) is 32.0 Å². The fraction of sp³-hybridized carbons (Fsp3) is 0.903. The number of carbonyl (C=O) groups is 2. The Balaban J connectivity index is 1.99. The van der Waals surface area contributed by atoms with E-state index in [1.165, 1.54) is 212 Å². The number of unbranched alkanes of at least 4 members (excludes halogenated alkanes) is 38. The third-order valence-corrected chi connectivity index (χ3v) is 14.8. The lowest BCUT2D eigenvalue weighted by Gasteiger charge is -2.40. The molecule has 1 amide bonds. The number of ether oxygens (including phenoxy) is 3. The van der Waals surface area contributed by atoms with Gasteiger partial charge in [0.15, 0.2) is 6.29 Å². The molecular weight excluding hydrogens is 919 g/mol. The molecule has 0 aromatic carbocycles. The van der Waals surface area contributed by atoms with Gasteiger partial charge >= 0.3 is 5.97 Å². The summed E-state index contributed by atoms with van der Waals surface area (Å²) in [6, 6.07) is -0.825. The molecule has 0 saturated carbocycles. The van der Waals surface area contributed by atoms with E-state index in [0.717, 1.165) is 57.8 Å². The summed E-state index contributed by atoms with van der Waals surface area (Å²) < 4.78 is 16.7. The van der Waals surface area contributed by atoms with Crippen LogP contribution in [0.2, 0.25) is 0 Å². The minimum Gasteiger partial charge on any atom is -0.466 e. The molecule has 0 aliphatic carbocycles. The fourth-order valence-electron chi connectivity index (χ4n) is 9.86. The zero-order chi connectivity index (χ0) is 53.1. The first-order chi connectivity index (χ1) is 35.7. The van der Waals surface area contributed by atoms with Crippen LogP contribution in [0.15, 0.2) is 24.3 Å². The molecule has 0 aromatic heterocycles. The minimum atomic E-state index is -1.57. The van der Waals surface area contributed by atoms with Crippen LogP contribution in [0.3, 0.4) is 0 Å². The van der Waals surface area contributed by atoms with Crippen LogP contribution in [0.1, 0.15) is 296 Å². The van der Waals surface area contributed by atoms with Gasteiger partial charge in [-0.3, -0.25) is 9.59 Å². The second-order valence-electron chi connectivity index (χ2n) is 21.8. The van der Waals surface area contributed by atoms with Gasteiger partial charge in [-0.15, -0.1) is 0 Å². The number of aliphatic hydroxyl groups excluding tert-OH is 5. The van der Waals surface area contributed by atoms with Crippen LogP contribution in [0.5, 0.6) is 0 Å². The largest absolute Gasteiger partial charge is 0.466 e. The smallest absolute Gasteiger partial charge is 0.305 e. The van der Waals surface area contributed by atoms with Crippen molar-refractivity contribution in [2.45, 2.75) is 339 Å². The topological polar surface area (TPSA) is 175 Å². The SMILES string of the molecule is CCCCCC/C=C/CC/C=C/C(O)C(COC1OC(CO)C(O)C(O)C1O)NC(=O)CCCCCCCCCCCCCCCCCCCCCCCCCCOC(=O)CCCCCCCCCCCCC. The summed E-state index contributed by atoms with van der Waals surface area (Å²) >= 11 is 0. The summed E-state index contributed by atoms with van der Waals surface area (Å²) in [7, 11) is 0. The molecule has 6 N–H and O–H groups in total. The van der Waals surface area contributed by atoms with Crippen LogP contribution in [-0.4, -0.2) is 100 Å². The first-order valence-electron chi connectivity index (χ1n) is 31.1. The summed E-state index contributed by atoms with van der Waals surface area (Å²) in [5.74, 6) is -0.188. The van der Waals surface area contributed by atoms with E-state index < -0.39 is 49.5 Å². The third-order valence-electron chi connectivity index (χ3n) is 14.8. The molecule has 1 aliphatic heterocycles. The van der Waals surface area contributed by atoms with Crippen molar-refractivity contribution in [2.24, 2.45) is 0 Å². The number of hydrogen-bond donors (Lipinski definition) is 6. The maximum atomic E-state index is 13.0. The predicted octanol–water partition coefficient (Wildman–Crippen LogP) is 14.5. The molecule has 1 rings (SSSR count). The number of esters is 1. The van der Waals surface area contributed by atoms with E-state index in [0.29, 0.717) is 19.4 Å². The van der Waals surface area contributed by atoms with Gasteiger partial charge in [0.2, 0.25) is 5.91 Å². The van der Waals surface area contributed by atoms with Crippen molar-refractivity contribution in [1.29, 1.82) is 0 Å². The molecule has 0 spiro atoms. The molecule has 1 fully saturated rings. The van der Waals surface area contributed by atoms with Gasteiger partial charge in [-0.1, -0.05) is 263 Å². The quantitative estimate of drug-likeness (QED) is 0.0195. The maximum Gasteiger partial charge on any atom is 0.305 e. The number of allylic oxidation sites excluding steroid dienone is 3. The number of aliphatic hydroxyl groups is 5. The molecule has 0 bridgehead atoms. The van der Waals surface area contributed by atoms with Crippen LogP contribution in [0, 0.1) is 0 Å². The van der Waals surface area contributed by atoms with Crippen LogP contribution in [-0.2, 0) is 23.8 Å². The van der Waals surface area contributed by atoms with E-state index >= 15 is 0 Å². The molecule has 0 aromatic rings. The van der Waals surface area contributed by atoms with Crippen molar-refractivity contribution in [1.82, 2.24) is 5.32 Å². The first kappa shape index (κ1) is 69.2. The minimum absolute atomic E-state index is 0.00370. The molecule has 1 aliphatic rings.